The van der Waals surface area contributed by atoms with Gasteiger partial charge in [0.25, 0.3) is 0 Å². The van der Waals surface area contributed by atoms with E-state index in [-0.39, 0.29) is 48.3 Å². The Hall–Kier alpha value is -6.55. The monoisotopic (exact) mass is 1140 g/mol. The minimum absolute atomic E-state index is 0.150. The Balaban J connectivity index is 0.000000175. The quantitative estimate of drug-likeness (QED) is 0.120. The van der Waals surface area contributed by atoms with Crippen molar-refractivity contribution in [2.75, 3.05) is 55.1 Å². The van der Waals surface area contributed by atoms with Crippen molar-refractivity contribution in [3.05, 3.63) is 186 Å². The molecule has 4 aliphatic rings. The van der Waals surface area contributed by atoms with Crippen LogP contribution in [0.4, 0.5) is 38.2 Å². The first-order valence-corrected chi connectivity index (χ1v) is 26.4. The van der Waals surface area contributed by atoms with Crippen molar-refractivity contribution in [1.82, 2.24) is 20.9 Å². The smallest absolute Gasteiger partial charge is 0.326 e. The summed E-state index contributed by atoms with van der Waals surface area (Å²) in [5.74, 6) is -1.04. The molecule has 0 radical (unpaired) electrons. The number of rotatable bonds is 9. The van der Waals surface area contributed by atoms with Crippen LogP contribution in [0.5, 0.6) is 0 Å². The molecule has 2 unspecified atom stereocenters. The Morgan fingerprint density at radius 1 is 0.526 bits per heavy atom. The molecule has 13 nitrogen and oxygen atoms in total. The summed E-state index contributed by atoms with van der Waals surface area (Å²) in [6.07, 6.45) is 1.73. The molecule has 4 amide bonds. The standard InChI is InChI=1S/C31H25Cl3N4O3.C26H22Cl3N3O3/c1-41-30(39)23-17-37(28-11-4-5-12-35-28)16-22(23)18-13-20(19-7-2-3-8-24(19)32)21-15-36-31(40)38(27(21)14-18)29-25(33)9-6-10-26(29)34;1-35-25(33)19-12-30-11-17(19)14-9-16(15-5-2-3-6-20(15)27)18-13-31-26(34)32(23(18)10-14)24-21(28)7-4-8-22(24)29/h2-14,22-23H,15-17H2,1H3,(H,36,40);2-10,17,19,30H,11-13H2,1H3,(H,31,34)/t22?,23-;17?,19-/m00/s1. The molecule has 388 valence electrons. The Kier molecular flexibility index (Phi) is 15.7. The average molecular weight is 1140 g/mol. The van der Waals surface area contributed by atoms with Crippen LogP contribution in [0.25, 0.3) is 22.3 Å². The van der Waals surface area contributed by atoms with E-state index in [9.17, 15) is 19.2 Å². The van der Waals surface area contributed by atoms with Gasteiger partial charge in [-0.05, 0) is 82.9 Å². The fourth-order valence-electron chi connectivity index (χ4n) is 10.6. The summed E-state index contributed by atoms with van der Waals surface area (Å²) >= 11 is 39.6. The summed E-state index contributed by atoms with van der Waals surface area (Å²) in [6, 6.07) is 38.3. The van der Waals surface area contributed by atoms with Crippen LogP contribution in [-0.2, 0) is 32.2 Å². The molecule has 11 rings (SSSR count). The lowest BCUT2D eigenvalue weighted by Crippen LogP contribution is -2.42. The number of methoxy groups -OCH3 is 2. The summed E-state index contributed by atoms with van der Waals surface area (Å²) in [5.41, 5.74) is 8.86. The van der Waals surface area contributed by atoms with Crippen molar-refractivity contribution in [2.45, 2.75) is 24.9 Å². The van der Waals surface area contributed by atoms with Crippen LogP contribution in [0, 0.1) is 11.8 Å². The molecule has 76 heavy (non-hydrogen) atoms. The maximum absolute atomic E-state index is 13.4. The fraction of sp³-hybridized carbons (Fsp3) is 0.211. The molecule has 6 aromatic carbocycles. The third kappa shape index (κ3) is 10.1. The predicted molar refractivity (Wildman–Crippen MR) is 301 cm³/mol. The number of carbonyl (C=O) groups excluding carboxylic acids is 4. The number of hydrogen-bond donors (Lipinski definition) is 3. The molecule has 0 saturated carbocycles. The molecular weight excluding hydrogens is 1090 g/mol. The highest BCUT2D eigenvalue weighted by molar-refractivity contribution is 6.41. The van der Waals surface area contributed by atoms with Crippen LogP contribution in [0.2, 0.25) is 30.1 Å². The van der Waals surface area contributed by atoms with Gasteiger partial charge in [-0.25, -0.2) is 14.6 Å². The van der Waals surface area contributed by atoms with E-state index < -0.39 is 5.92 Å². The number of nitrogens with one attached hydrogen (secondary N) is 3. The van der Waals surface area contributed by atoms with E-state index in [0.29, 0.717) is 85.6 Å². The van der Waals surface area contributed by atoms with Gasteiger partial charge in [0, 0.05) is 89.6 Å². The first-order valence-electron chi connectivity index (χ1n) is 24.2. The number of anilines is 5. The zero-order valence-corrected chi connectivity index (χ0v) is 45.3. The van der Waals surface area contributed by atoms with Gasteiger partial charge in [0.1, 0.15) is 5.82 Å². The molecule has 2 fully saturated rings. The highest BCUT2D eigenvalue weighted by atomic mass is 35.5. The molecule has 1 aromatic heterocycles. The van der Waals surface area contributed by atoms with E-state index in [2.05, 4.69) is 38.0 Å². The number of para-hydroxylation sites is 2. The van der Waals surface area contributed by atoms with Crippen LogP contribution in [0.3, 0.4) is 0 Å². The van der Waals surface area contributed by atoms with Crippen LogP contribution in [0.1, 0.15) is 34.1 Å². The summed E-state index contributed by atoms with van der Waals surface area (Å²) in [6.45, 7) is 2.65. The second kappa shape index (κ2) is 22.6. The van der Waals surface area contributed by atoms with Crippen molar-refractivity contribution < 1.29 is 28.7 Å². The molecule has 5 heterocycles. The number of fused-ring (bicyclic) bond motifs is 2. The van der Waals surface area contributed by atoms with E-state index in [0.717, 1.165) is 50.3 Å². The van der Waals surface area contributed by atoms with Gasteiger partial charge in [-0.3, -0.25) is 19.4 Å². The Bertz CT molecular complexity index is 3380. The van der Waals surface area contributed by atoms with Gasteiger partial charge in [-0.1, -0.05) is 136 Å². The molecule has 2 saturated heterocycles. The minimum Gasteiger partial charge on any atom is -0.469 e. The summed E-state index contributed by atoms with van der Waals surface area (Å²) in [4.78, 5) is 61.9. The van der Waals surface area contributed by atoms with Gasteiger partial charge in [-0.2, -0.15) is 0 Å². The number of pyridine rings is 1. The number of urea groups is 2. The van der Waals surface area contributed by atoms with Gasteiger partial charge in [0.05, 0.1) is 68.9 Å². The average Bonchev–Trinajstić information content (AvgIpc) is 4.12. The third-order valence-electron chi connectivity index (χ3n) is 14.2. The van der Waals surface area contributed by atoms with Crippen molar-refractivity contribution in [3.8, 4) is 22.3 Å². The molecule has 3 N–H and O–H groups in total. The summed E-state index contributed by atoms with van der Waals surface area (Å²) in [5, 5.41) is 11.7. The number of nitrogens with zero attached hydrogens (tertiary/aromatic N) is 4. The second-order valence-electron chi connectivity index (χ2n) is 18.4. The highest BCUT2D eigenvalue weighted by Gasteiger charge is 2.42. The minimum atomic E-state index is -0.464. The largest absolute Gasteiger partial charge is 0.469 e. The molecule has 7 aromatic rings. The predicted octanol–water partition coefficient (Wildman–Crippen LogP) is 13.6. The Labute approximate surface area is 468 Å². The van der Waals surface area contributed by atoms with Crippen LogP contribution < -0.4 is 30.7 Å². The van der Waals surface area contributed by atoms with E-state index >= 15 is 0 Å². The van der Waals surface area contributed by atoms with Gasteiger partial charge in [-0.15, -0.1) is 0 Å². The first-order chi connectivity index (χ1) is 36.8. The van der Waals surface area contributed by atoms with E-state index in [1.807, 2.05) is 78.9 Å². The highest BCUT2D eigenvalue weighted by Crippen LogP contribution is 2.49. The van der Waals surface area contributed by atoms with Crippen LogP contribution in [-0.4, -0.2) is 69.4 Å². The van der Waals surface area contributed by atoms with Gasteiger partial charge in [0.2, 0.25) is 0 Å². The van der Waals surface area contributed by atoms with Crippen LogP contribution >= 0.6 is 69.6 Å². The first kappa shape index (κ1) is 52.9. The number of aromatic nitrogens is 1. The van der Waals surface area contributed by atoms with Gasteiger partial charge >= 0.3 is 24.0 Å². The lowest BCUT2D eigenvalue weighted by Gasteiger charge is -2.34. The zero-order chi connectivity index (χ0) is 53.4. The molecule has 0 bridgehead atoms. The second-order valence-corrected chi connectivity index (χ2v) is 20.9. The summed E-state index contributed by atoms with van der Waals surface area (Å²) in [7, 11) is 2.79. The molecular formula is C57H47Cl6N7O6. The van der Waals surface area contributed by atoms with E-state index in [1.165, 1.54) is 24.0 Å². The number of carbonyl (C=O) groups is 4. The number of halogens is 6. The van der Waals surface area contributed by atoms with Crippen LogP contribution in [0.15, 0.2) is 134 Å². The number of benzene rings is 6. The lowest BCUT2D eigenvalue weighted by atomic mass is 9.84. The molecule has 19 heteroatoms. The zero-order valence-electron chi connectivity index (χ0n) is 40.8. The molecule has 0 spiro atoms. The maximum Gasteiger partial charge on any atom is 0.326 e. The van der Waals surface area contributed by atoms with Crippen molar-refractivity contribution >= 4 is 122 Å². The lowest BCUT2D eigenvalue weighted by molar-refractivity contribution is -0.146. The topological polar surface area (TPSA) is 145 Å². The van der Waals surface area contributed by atoms with Crippen molar-refractivity contribution in [3.63, 3.8) is 0 Å². The fourth-order valence-corrected chi connectivity index (χ4v) is 12.2. The SMILES string of the molecule is COC(=O)[C@H]1CN(c2ccccn2)CC1c1cc(-c2ccccc2Cl)c2c(c1)N(c1c(Cl)cccc1Cl)C(=O)NC2.COC(=O)[C@H]1CNCC1c1cc(-c2ccccc2Cl)c2c(c1)N(c1c(Cl)cccc1Cl)C(=O)NC2. The number of esters is 2. The Morgan fingerprint density at radius 2 is 0.987 bits per heavy atom. The molecule has 4 atom stereocenters. The number of hydrogen-bond acceptors (Lipinski definition) is 9. The Morgan fingerprint density at radius 3 is 1.46 bits per heavy atom. The molecule has 4 aliphatic heterocycles. The maximum atomic E-state index is 13.4. The molecule has 0 aliphatic carbocycles. The van der Waals surface area contributed by atoms with E-state index in [4.69, 9.17) is 79.1 Å². The van der Waals surface area contributed by atoms with Crippen molar-refractivity contribution in [1.29, 1.82) is 0 Å². The van der Waals surface area contributed by atoms with Gasteiger partial charge in [0.15, 0.2) is 0 Å². The summed E-state index contributed by atoms with van der Waals surface area (Å²) < 4.78 is 10.3. The van der Waals surface area contributed by atoms with E-state index in [1.54, 1.807) is 42.6 Å². The number of ether oxygens (including phenoxy) is 2. The number of amides is 4. The third-order valence-corrected chi connectivity index (χ3v) is 16.1. The van der Waals surface area contributed by atoms with Crippen molar-refractivity contribution in [2.24, 2.45) is 11.8 Å². The van der Waals surface area contributed by atoms with Gasteiger partial charge < -0.3 is 30.3 Å². The normalized spacial score (nSPS) is 18.7.